The Labute approximate surface area is 230 Å². The van der Waals surface area contributed by atoms with Crippen LogP contribution in [0, 0.1) is 11.8 Å². The van der Waals surface area contributed by atoms with Crippen LogP contribution in [-0.2, 0) is 35.0 Å². The van der Waals surface area contributed by atoms with E-state index in [0.29, 0.717) is 18.5 Å². The first-order valence-corrected chi connectivity index (χ1v) is 12.9. The average molecular weight is 566 g/mol. The number of ether oxygens (including phenoxy) is 4. The molecule has 1 aromatic carbocycles. The second kappa shape index (κ2) is 12.1. The molecule has 3 aliphatic rings. The van der Waals surface area contributed by atoms with Crippen LogP contribution in [0.4, 0.5) is 0 Å². The van der Waals surface area contributed by atoms with Crippen LogP contribution in [0.2, 0.25) is 0 Å². The molecule has 220 valence electrons. The molecule has 0 saturated carbocycles. The number of carbonyl (C=O) groups excluding carboxylic acids is 2. The number of aliphatic hydroxyl groups is 4. The van der Waals surface area contributed by atoms with Gasteiger partial charge in [-0.3, -0.25) is 4.79 Å². The summed E-state index contributed by atoms with van der Waals surface area (Å²) in [5.41, 5.74) is 1.46. The first-order valence-electron chi connectivity index (χ1n) is 12.9. The maximum Gasteiger partial charge on any atom is 0.337 e. The molecule has 40 heavy (non-hydrogen) atoms. The summed E-state index contributed by atoms with van der Waals surface area (Å²) < 4.78 is 22.0. The second-order valence-electron chi connectivity index (χ2n) is 10.1. The number of rotatable bonds is 7. The molecule has 6 N–H and O–H groups in total. The lowest BCUT2D eigenvalue weighted by molar-refractivity contribution is -0.339. The molecule has 4 rings (SSSR count). The smallest absolute Gasteiger partial charge is 0.337 e. The molecule has 3 heterocycles. The SMILES string of the molecule is C=C[C@@H]1[C@H](O[C@@H]2O[C@H](CO)[C@@H](O)[C@H](O)[C@H]2O)OC=C(C(=O)OC)[C@H]1C[C@@H]1c2cc(O)c(O)cc2CCN1C(C)=O. The molecule has 0 spiro atoms. The number of aromatic hydroxyl groups is 2. The van der Waals surface area contributed by atoms with E-state index in [1.54, 1.807) is 4.90 Å². The van der Waals surface area contributed by atoms with Gasteiger partial charge in [0.2, 0.25) is 12.2 Å². The zero-order valence-electron chi connectivity index (χ0n) is 22.1. The van der Waals surface area contributed by atoms with E-state index >= 15 is 0 Å². The van der Waals surface area contributed by atoms with Gasteiger partial charge in [-0.25, -0.2) is 4.79 Å². The van der Waals surface area contributed by atoms with Gasteiger partial charge in [0.1, 0.15) is 24.4 Å². The molecular formula is C27H35NO12. The van der Waals surface area contributed by atoms with Crippen molar-refractivity contribution in [2.45, 2.75) is 62.8 Å². The standard InChI is InChI=1S/C27H35NO12/c1-4-14-16(8-18-15-9-20(32)19(31)7-13(15)5-6-28(18)12(2)30)17(25(36)37-3)11-38-26(14)40-27-24(35)23(34)22(33)21(10-29)39-27/h4,7,9,11,14,16,18,21-24,26-27,29,31-35H,1,5-6,8,10H2,2-3H3/t14-,16-,18+,21+,22+,23-,24+,26-,27-/m0/s1. The third-order valence-corrected chi connectivity index (χ3v) is 7.79. The zero-order chi connectivity index (χ0) is 29.3. The molecule has 13 heteroatoms. The van der Waals surface area contributed by atoms with Gasteiger partial charge in [0.05, 0.1) is 31.6 Å². The van der Waals surface area contributed by atoms with Gasteiger partial charge in [0.15, 0.2) is 17.8 Å². The van der Waals surface area contributed by atoms with Crippen LogP contribution in [-0.4, -0.2) is 105 Å². The molecule has 0 radical (unpaired) electrons. The fraction of sp³-hybridized carbons (Fsp3) is 0.556. The number of nitrogens with zero attached hydrogens (tertiary/aromatic N) is 1. The number of phenols is 2. The van der Waals surface area contributed by atoms with Crippen LogP contribution < -0.4 is 0 Å². The molecule has 1 aromatic rings. The van der Waals surface area contributed by atoms with E-state index in [-0.39, 0.29) is 29.4 Å². The Bertz CT molecular complexity index is 1150. The van der Waals surface area contributed by atoms with E-state index in [0.717, 1.165) is 11.8 Å². The van der Waals surface area contributed by atoms with Gasteiger partial charge < -0.3 is 54.5 Å². The minimum absolute atomic E-state index is 0.125. The highest BCUT2D eigenvalue weighted by Crippen LogP contribution is 2.45. The Hall–Kier alpha value is -3.20. The Kier molecular flexibility index (Phi) is 9.02. The fourth-order valence-electron chi connectivity index (χ4n) is 5.63. The highest BCUT2D eigenvalue weighted by Gasteiger charge is 2.48. The summed E-state index contributed by atoms with van der Waals surface area (Å²) in [5, 5.41) is 60.5. The minimum atomic E-state index is -1.69. The van der Waals surface area contributed by atoms with Crippen LogP contribution in [0.3, 0.4) is 0 Å². The number of esters is 1. The van der Waals surface area contributed by atoms with Gasteiger partial charge in [-0.15, -0.1) is 6.58 Å². The third-order valence-electron chi connectivity index (χ3n) is 7.79. The topological polar surface area (TPSA) is 196 Å². The largest absolute Gasteiger partial charge is 0.504 e. The number of benzene rings is 1. The van der Waals surface area contributed by atoms with Crippen molar-refractivity contribution in [3.63, 3.8) is 0 Å². The Morgan fingerprint density at radius 2 is 1.82 bits per heavy atom. The van der Waals surface area contributed by atoms with Crippen LogP contribution in [0.25, 0.3) is 0 Å². The third kappa shape index (κ3) is 5.53. The van der Waals surface area contributed by atoms with E-state index in [1.807, 2.05) is 0 Å². The number of fused-ring (bicyclic) bond motifs is 1. The summed E-state index contributed by atoms with van der Waals surface area (Å²) in [6.45, 7) is 4.96. The molecule has 3 aliphatic heterocycles. The molecule has 1 fully saturated rings. The number of amides is 1. The fourth-order valence-corrected chi connectivity index (χ4v) is 5.63. The Balaban J connectivity index is 1.69. The monoisotopic (exact) mass is 565 g/mol. The summed E-state index contributed by atoms with van der Waals surface area (Å²) in [5.74, 6) is -3.06. The maximum absolute atomic E-state index is 12.8. The van der Waals surface area contributed by atoms with Crippen LogP contribution in [0.1, 0.15) is 30.5 Å². The van der Waals surface area contributed by atoms with Gasteiger partial charge in [0.25, 0.3) is 0 Å². The number of carbonyl (C=O) groups is 2. The molecule has 13 nitrogen and oxygen atoms in total. The summed E-state index contributed by atoms with van der Waals surface area (Å²) in [4.78, 5) is 27.0. The summed E-state index contributed by atoms with van der Waals surface area (Å²) in [6, 6.07) is 2.22. The molecule has 0 aliphatic carbocycles. The van der Waals surface area contributed by atoms with E-state index in [4.69, 9.17) is 18.9 Å². The highest BCUT2D eigenvalue weighted by molar-refractivity contribution is 5.89. The molecule has 1 saturated heterocycles. The molecule has 9 atom stereocenters. The van der Waals surface area contributed by atoms with Gasteiger partial charge in [-0.2, -0.15) is 0 Å². The summed E-state index contributed by atoms with van der Waals surface area (Å²) >= 11 is 0. The normalized spacial score (nSPS) is 33.8. The quantitative estimate of drug-likeness (QED) is 0.142. The Morgan fingerprint density at radius 1 is 1.12 bits per heavy atom. The first kappa shape index (κ1) is 29.8. The van der Waals surface area contributed by atoms with Crippen molar-refractivity contribution in [1.82, 2.24) is 4.90 Å². The molecule has 0 bridgehead atoms. The first-order chi connectivity index (χ1) is 19.0. The van der Waals surface area contributed by atoms with Crippen molar-refractivity contribution >= 4 is 11.9 Å². The van der Waals surface area contributed by atoms with E-state index in [2.05, 4.69) is 6.58 Å². The van der Waals surface area contributed by atoms with Crippen molar-refractivity contribution in [1.29, 1.82) is 0 Å². The van der Waals surface area contributed by atoms with Gasteiger partial charge in [0, 0.05) is 25.3 Å². The number of hydrogen-bond acceptors (Lipinski definition) is 12. The number of aliphatic hydroxyl groups excluding tert-OH is 4. The predicted octanol–water partition coefficient (Wildman–Crippen LogP) is -0.418. The highest BCUT2D eigenvalue weighted by atomic mass is 16.8. The van der Waals surface area contributed by atoms with Crippen LogP contribution in [0.15, 0.2) is 36.6 Å². The van der Waals surface area contributed by atoms with E-state index in [1.165, 1.54) is 32.2 Å². The van der Waals surface area contributed by atoms with Crippen LogP contribution >= 0.6 is 0 Å². The van der Waals surface area contributed by atoms with Gasteiger partial charge in [-0.05, 0) is 36.1 Å². The van der Waals surface area contributed by atoms with Crippen molar-refractivity contribution in [2.24, 2.45) is 11.8 Å². The number of phenolic OH excluding ortho intramolecular Hbond substituents is 2. The lowest BCUT2D eigenvalue weighted by Gasteiger charge is -2.44. The second-order valence-corrected chi connectivity index (χ2v) is 10.1. The lowest BCUT2D eigenvalue weighted by atomic mass is 9.76. The maximum atomic E-state index is 12.8. The molecule has 0 unspecified atom stereocenters. The van der Waals surface area contributed by atoms with E-state index < -0.39 is 67.4 Å². The minimum Gasteiger partial charge on any atom is -0.504 e. The lowest BCUT2D eigenvalue weighted by Crippen LogP contribution is -2.60. The zero-order valence-corrected chi connectivity index (χ0v) is 22.1. The average Bonchev–Trinajstić information content (AvgIpc) is 2.93. The predicted molar refractivity (Wildman–Crippen MR) is 135 cm³/mol. The van der Waals surface area contributed by atoms with Crippen LogP contribution in [0.5, 0.6) is 11.5 Å². The van der Waals surface area contributed by atoms with Gasteiger partial charge >= 0.3 is 5.97 Å². The molecule has 1 amide bonds. The number of hydrogen-bond donors (Lipinski definition) is 6. The molecule has 0 aromatic heterocycles. The van der Waals surface area contributed by atoms with Crippen molar-refractivity contribution in [3.05, 3.63) is 47.7 Å². The van der Waals surface area contributed by atoms with Gasteiger partial charge in [-0.1, -0.05) is 6.08 Å². The summed E-state index contributed by atoms with van der Waals surface area (Å²) in [7, 11) is 1.21. The van der Waals surface area contributed by atoms with E-state index in [9.17, 15) is 40.2 Å². The van der Waals surface area contributed by atoms with Crippen molar-refractivity contribution in [3.8, 4) is 11.5 Å². The van der Waals surface area contributed by atoms with Crippen molar-refractivity contribution in [2.75, 3.05) is 20.3 Å². The molecular weight excluding hydrogens is 530 g/mol. The Morgan fingerprint density at radius 3 is 2.45 bits per heavy atom. The van der Waals surface area contributed by atoms with Crippen molar-refractivity contribution < 1.29 is 59.2 Å². The summed E-state index contributed by atoms with van der Waals surface area (Å²) in [6.07, 6.45) is -5.67. The number of methoxy groups -OCH3 is 1.